The van der Waals surface area contributed by atoms with Crippen LogP contribution in [0.4, 0.5) is 10.5 Å². The van der Waals surface area contributed by atoms with Crippen molar-refractivity contribution in [3.8, 4) is 5.75 Å². The summed E-state index contributed by atoms with van der Waals surface area (Å²) in [4.78, 5) is 19.1. The Kier molecular flexibility index (Phi) is 4.37. The molecule has 0 fully saturated rings. The molecule has 1 heterocycles. The summed E-state index contributed by atoms with van der Waals surface area (Å²) < 4.78 is 5.73. The van der Waals surface area contributed by atoms with Crippen molar-refractivity contribution in [2.24, 2.45) is 0 Å². The highest BCUT2D eigenvalue weighted by Crippen LogP contribution is 2.25. The van der Waals surface area contributed by atoms with Gasteiger partial charge in [-0.25, -0.2) is 9.78 Å². The van der Waals surface area contributed by atoms with E-state index in [0.717, 1.165) is 33.5 Å². The summed E-state index contributed by atoms with van der Waals surface area (Å²) in [6.45, 7) is 6.13. The number of aromatic amines is 1. The van der Waals surface area contributed by atoms with Gasteiger partial charge in [-0.2, -0.15) is 0 Å². The van der Waals surface area contributed by atoms with Crippen LogP contribution in [0.15, 0.2) is 36.7 Å². The number of hydrogen-bond donors (Lipinski definition) is 3. The van der Waals surface area contributed by atoms with E-state index in [-0.39, 0.29) is 12.8 Å². The first-order chi connectivity index (χ1) is 11.5. The Bertz CT molecular complexity index is 886. The molecule has 6 nitrogen and oxygen atoms in total. The van der Waals surface area contributed by atoms with Crippen LogP contribution in [0, 0.1) is 20.8 Å². The first-order valence-electron chi connectivity index (χ1n) is 7.72. The third kappa shape index (κ3) is 3.32. The molecule has 0 aliphatic heterocycles. The molecule has 0 unspecified atom stereocenters. The standard InChI is InChI=1S/C18H20N4O2/c1-11-4-5-12(2)17(13(11)3)24-10-21-18(23)22-14-6-7-15-16(8-14)20-9-19-15/h4-9H,10H2,1-3H3,(H,19,20)(H2,21,22,23). The van der Waals surface area contributed by atoms with Gasteiger partial charge < -0.3 is 20.4 Å². The average Bonchev–Trinajstić information content (AvgIpc) is 3.02. The van der Waals surface area contributed by atoms with Gasteiger partial charge in [0.2, 0.25) is 0 Å². The highest BCUT2D eigenvalue weighted by molar-refractivity contribution is 5.91. The lowest BCUT2D eigenvalue weighted by Gasteiger charge is -2.14. The zero-order chi connectivity index (χ0) is 17.1. The quantitative estimate of drug-likeness (QED) is 0.641. The van der Waals surface area contributed by atoms with Gasteiger partial charge in [0, 0.05) is 5.69 Å². The van der Waals surface area contributed by atoms with Gasteiger partial charge in [-0.1, -0.05) is 12.1 Å². The summed E-state index contributed by atoms with van der Waals surface area (Å²) in [5.41, 5.74) is 5.71. The maximum Gasteiger partial charge on any atom is 0.321 e. The van der Waals surface area contributed by atoms with E-state index in [0.29, 0.717) is 5.69 Å². The molecular weight excluding hydrogens is 304 g/mol. The second-order valence-electron chi connectivity index (χ2n) is 5.71. The van der Waals surface area contributed by atoms with Gasteiger partial charge in [0.1, 0.15) is 5.75 Å². The van der Waals surface area contributed by atoms with Crippen molar-refractivity contribution in [2.45, 2.75) is 20.8 Å². The number of benzene rings is 2. The molecule has 0 radical (unpaired) electrons. The Morgan fingerprint density at radius 2 is 1.96 bits per heavy atom. The molecule has 2 amide bonds. The van der Waals surface area contributed by atoms with Crippen molar-refractivity contribution in [3.05, 3.63) is 53.3 Å². The number of fused-ring (bicyclic) bond motifs is 1. The number of nitrogens with zero attached hydrogens (tertiary/aromatic N) is 1. The van der Waals surface area contributed by atoms with Crippen LogP contribution in [0.2, 0.25) is 0 Å². The van der Waals surface area contributed by atoms with Gasteiger partial charge in [-0.05, 0) is 55.7 Å². The molecule has 0 aliphatic carbocycles. The van der Waals surface area contributed by atoms with Crippen molar-refractivity contribution in [2.75, 3.05) is 12.0 Å². The maximum atomic E-state index is 12.0. The highest BCUT2D eigenvalue weighted by atomic mass is 16.5. The van der Waals surface area contributed by atoms with Gasteiger partial charge in [0.05, 0.1) is 17.4 Å². The number of imidazole rings is 1. The van der Waals surface area contributed by atoms with E-state index < -0.39 is 0 Å². The minimum absolute atomic E-state index is 0.100. The molecular formula is C18H20N4O2. The molecule has 6 heteroatoms. The van der Waals surface area contributed by atoms with Crippen LogP contribution < -0.4 is 15.4 Å². The molecule has 3 rings (SSSR count). The van der Waals surface area contributed by atoms with Crippen LogP contribution in [-0.4, -0.2) is 22.7 Å². The molecule has 3 aromatic rings. The van der Waals surface area contributed by atoms with Crippen LogP contribution in [-0.2, 0) is 0 Å². The molecule has 0 saturated heterocycles. The topological polar surface area (TPSA) is 79.0 Å². The number of urea groups is 1. The lowest BCUT2D eigenvalue weighted by molar-refractivity contribution is 0.234. The molecule has 124 valence electrons. The third-order valence-electron chi connectivity index (χ3n) is 4.00. The normalized spacial score (nSPS) is 10.6. The lowest BCUT2D eigenvalue weighted by Crippen LogP contribution is -2.32. The Labute approximate surface area is 140 Å². The smallest absolute Gasteiger partial charge is 0.321 e. The van der Waals surface area contributed by atoms with Crippen LogP contribution in [0.3, 0.4) is 0 Å². The number of hydrogen-bond acceptors (Lipinski definition) is 3. The minimum atomic E-state index is -0.322. The van der Waals surface area contributed by atoms with Crippen LogP contribution in [0.5, 0.6) is 5.75 Å². The Hall–Kier alpha value is -3.02. The predicted molar refractivity (Wildman–Crippen MR) is 94.4 cm³/mol. The first-order valence-corrected chi connectivity index (χ1v) is 7.72. The third-order valence-corrected chi connectivity index (χ3v) is 4.00. The van der Waals surface area contributed by atoms with E-state index in [4.69, 9.17) is 4.74 Å². The SMILES string of the molecule is Cc1ccc(C)c(OCNC(=O)Nc2ccc3nc[nH]c3c2)c1C. The lowest BCUT2D eigenvalue weighted by atomic mass is 10.1. The average molecular weight is 324 g/mol. The number of amides is 2. The molecule has 3 N–H and O–H groups in total. The van der Waals surface area contributed by atoms with Gasteiger partial charge in [-0.3, -0.25) is 0 Å². The predicted octanol–water partition coefficient (Wildman–Crippen LogP) is 3.65. The molecule has 0 bridgehead atoms. The van der Waals surface area contributed by atoms with Crippen LogP contribution in [0.25, 0.3) is 11.0 Å². The molecule has 0 saturated carbocycles. The molecule has 0 spiro atoms. The molecule has 2 aromatic carbocycles. The summed E-state index contributed by atoms with van der Waals surface area (Å²) in [6.07, 6.45) is 1.62. The van der Waals surface area contributed by atoms with E-state index in [1.54, 1.807) is 12.4 Å². The number of carbonyl (C=O) groups excluding carboxylic acids is 1. The Balaban J connectivity index is 1.57. The number of aromatic nitrogens is 2. The zero-order valence-corrected chi connectivity index (χ0v) is 13.9. The van der Waals surface area contributed by atoms with Crippen molar-refractivity contribution in [3.63, 3.8) is 0 Å². The minimum Gasteiger partial charge on any atom is -0.473 e. The number of ether oxygens (including phenoxy) is 1. The number of H-pyrrole nitrogens is 1. The fraction of sp³-hybridized carbons (Fsp3) is 0.222. The van der Waals surface area contributed by atoms with Crippen LogP contribution >= 0.6 is 0 Å². The summed E-state index contributed by atoms with van der Waals surface area (Å²) in [5.74, 6) is 0.814. The van der Waals surface area contributed by atoms with Gasteiger partial charge >= 0.3 is 6.03 Å². The van der Waals surface area contributed by atoms with E-state index in [9.17, 15) is 4.79 Å². The summed E-state index contributed by atoms with van der Waals surface area (Å²) in [5, 5.41) is 5.47. The number of carbonyl (C=O) groups is 1. The maximum absolute atomic E-state index is 12.0. The molecule has 0 aliphatic rings. The fourth-order valence-corrected chi connectivity index (χ4v) is 2.51. The Morgan fingerprint density at radius 3 is 2.79 bits per heavy atom. The van der Waals surface area contributed by atoms with Crippen molar-refractivity contribution < 1.29 is 9.53 Å². The molecule has 1 aromatic heterocycles. The van der Waals surface area contributed by atoms with Crippen LogP contribution in [0.1, 0.15) is 16.7 Å². The molecule has 24 heavy (non-hydrogen) atoms. The summed E-state index contributed by atoms with van der Waals surface area (Å²) >= 11 is 0. The zero-order valence-electron chi connectivity index (χ0n) is 13.9. The number of aryl methyl sites for hydroxylation is 2. The second kappa shape index (κ2) is 6.62. The number of anilines is 1. The number of rotatable bonds is 4. The van der Waals surface area contributed by atoms with Gasteiger partial charge in [-0.15, -0.1) is 0 Å². The van der Waals surface area contributed by atoms with E-state index >= 15 is 0 Å². The monoisotopic (exact) mass is 324 g/mol. The Morgan fingerprint density at radius 1 is 1.17 bits per heavy atom. The highest BCUT2D eigenvalue weighted by Gasteiger charge is 2.08. The van der Waals surface area contributed by atoms with Crippen molar-refractivity contribution >= 4 is 22.8 Å². The van der Waals surface area contributed by atoms with Crippen molar-refractivity contribution in [1.29, 1.82) is 0 Å². The summed E-state index contributed by atoms with van der Waals surface area (Å²) in [7, 11) is 0. The van der Waals surface area contributed by atoms with E-state index in [1.165, 1.54) is 0 Å². The number of nitrogens with one attached hydrogen (secondary N) is 3. The fourth-order valence-electron chi connectivity index (χ4n) is 2.51. The summed E-state index contributed by atoms with van der Waals surface area (Å²) in [6, 6.07) is 9.23. The van der Waals surface area contributed by atoms with Gasteiger partial charge in [0.25, 0.3) is 0 Å². The molecule has 0 atom stereocenters. The largest absolute Gasteiger partial charge is 0.473 e. The second-order valence-corrected chi connectivity index (χ2v) is 5.71. The van der Waals surface area contributed by atoms with E-state index in [2.05, 4.69) is 26.7 Å². The first kappa shape index (κ1) is 15.9. The van der Waals surface area contributed by atoms with Gasteiger partial charge in [0.15, 0.2) is 6.73 Å². The van der Waals surface area contributed by atoms with E-state index in [1.807, 2.05) is 39.0 Å². The van der Waals surface area contributed by atoms with Crippen molar-refractivity contribution in [1.82, 2.24) is 15.3 Å².